The maximum atomic E-state index is 12.7. The molecule has 0 aliphatic carbocycles. The number of hydrogen-bond acceptors (Lipinski definition) is 5. The van der Waals surface area contributed by atoms with Crippen LogP contribution in [-0.2, 0) is 26.0 Å². The number of benzene rings is 2. The van der Waals surface area contributed by atoms with Crippen molar-refractivity contribution >= 4 is 39.1 Å². The summed E-state index contributed by atoms with van der Waals surface area (Å²) in [7, 11) is -4.00. The number of carbonyl (C=O) groups excluding carboxylic acids is 3. The molecular weight excluding hydrogens is 489 g/mol. The third-order valence-corrected chi connectivity index (χ3v) is 6.66. The lowest BCUT2D eigenvalue weighted by Crippen LogP contribution is -2.40. The number of carbonyl (C=O) groups is 3. The summed E-state index contributed by atoms with van der Waals surface area (Å²) >= 11 is 0. The van der Waals surface area contributed by atoms with Gasteiger partial charge in [-0.2, -0.15) is 13.2 Å². The van der Waals surface area contributed by atoms with E-state index in [0.717, 1.165) is 6.07 Å². The highest BCUT2D eigenvalue weighted by Gasteiger charge is 2.44. The summed E-state index contributed by atoms with van der Waals surface area (Å²) in [5, 5.41) is 5.22. The molecule has 0 spiro atoms. The number of halogens is 3. The van der Waals surface area contributed by atoms with Gasteiger partial charge in [0, 0.05) is 43.0 Å². The van der Waals surface area contributed by atoms with Crippen molar-refractivity contribution in [2.45, 2.75) is 30.8 Å². The van der Waals surface area contributed by atoms with Crippen molar-refractivity contribution in [3.05, 3.63) is 53.6 Å². The molecule has 1 aliphatic rings. The summed E-state index contributed by atoms with van der Waals surface area (Å²) in [6, 6.07) is 9.71. The van der Waals surface area contributed by atoms with Gasteiger partial charge < -0.3 is 15.5 Å². The average Bonchev–Trinajstić information content (AvgIpc) is 3.24. The summed E-state index contributed by atoms with van der Waals surface area (Å²) in [5.41, 5.74) is 1.21. The van der Waals surface area contributed by atoms with Gasteiger partial charge in [0.15, 0.2) is 0 Å². The fourth-order valence-electron chi connectivity index (χ4n) is 3.41. The second kappa shape index (κ2) is 10.4. The van der Waals surface area contributed by atoms with Crippen LogP contribution in [0.15, 0.2) is 47.4 Å². The molecule has 1 heterocycles. The van der Waals surface area contributed by atoms with Crippen molar-refractivity contribution < 1.29 is 36.0 Å². The third kappa shape index (κ3) is 6.36. The Kier molecular flexibility index (Phi) is 7.80. The van der Waals surface area contributed by atoms with Gasteiger partial charge in [-0.25, -0.2) is 13.1 Å². The first-order valence-electron chi connectivity index (χ1n) is 10.6. The van der Waals surface area contributed by atoms with Crippen LogP contribution in [0, 0.1) is 0 Å². The minimum Gasteiger partial charge on any atom is -0.351 e. The zero-order valence-corrected chi connectivity index (χ0v) is 19.4. The van der Waals surface area contributed by atoms with Crippen molar-refractivity contribution in [3.8, 4) is 0 Å². The van der Waals surface area contributed by atoms with E-state index in [0.29, 0.717) is 28.1 Å². The first kappa shape index (κ1) is 26.2. The van der Waals surface area contributed by atoms with Crippen molar-refractivity contribution in [2.75, 3.05) is 29.9 Å². The molecule has 2 aromatic rings. The molecule has 0 fully saturated rings. The second-order valence-corrected chi connectivity index (χ2v) is 9.39. The Balaban J connectivity index is 1.54. The lowest BCUT2D eigenvalue weighted by Gasteiger charge is -2.19. The van der Waals surface area contributed by atoms with Crippen LogP contribution in [0.2, 0.25) is 0 Å². The molecule has 0 saturated carbocycles. The van der Waals surface area contributed by atoms with Gasteiger partial charge in [0.2, 0.25) is 15.9 Å². The summed E-state index contributed by atoms with van der Waals surface area (Å²) in [6.45, 7) is 1.37. The van der Waals surface area contributed by atoms with Crippen molar-refractivity contribution in [1.29, 1.82) is 0 Å². The van der Waals surface area contributed by atoms with Gasteiger partial charge in [-0.15, -0.1) is 0 Å². The van der Waals surface area contributed by atoms with Crippen LogP contribution in [0.1, 0.15) is 29.3 Å². The number of nitrogens with zero attached hydrogens (tertiary/aromatic N) is 1. The number of hydrogen-bond donors (Lipinski definition) is 3. The third-order valence-electron chi connectivity index (χ3n) is 5.20. The Morgan fingerprint density at radius 3 is 2.34 bits per heavy atom. The van der Waals surface area contributed by atoms with E-state index in [2.05, 4.69) is 15.4 Å². The molecule has 3 rings (SSSR count). The molecule has 3 amide bonds. The molecule has 0 bridgehead atoms. The molecule has 0 saturated heterocycles. The largest absolute Gasteiger partial charge is 0.471 e. The number of amides is 3. The molecule has 2 aromatic carbocycles. The van der Waals surface area contributed by atoms with Crippen LogP contribution in [-0.4, -0.2) is 51.9 Å². The lowest BCUT2D eigenvalue weighted by atomic mass is 10.2. The van der Waals surface area contributed by atoms with E-state index in [-0.39, 0.29) is 42.5 Å². The molecule has 0 unspecified atom stereocenters. The smallest absolute Gasteiger partial charge is 0.351 e. The van der Waals surface area contributed by atoms with Crippen molar-refractivity contribution in [3.63, 3.8) is 0 Å². The Hall–Kier alpha value is -3.45. The van der Waals surface area contributed by atoms with Gasteiger partial charge in [-0.3, -0.25) is 14.4 Å². The second-order valence-electron chi connectivity index (χ2n) is 7.63. The van der Waals surface area contributed by atoms with Crippen LogP contribution in [0.25, 0.3) is 0 Å². The Bertz CT molecular complexity index is 1230. The minimum absolute atomic E-state index is 0.0226. The maximum Gasteiger partial charge on any atom is 0.471 e. The molecule has 0 radical (unpaired) electrons. The standard InChI is InChI=1S/C22H23F3N4O5S/c1-2-19(30)28-16-5-3-14(4-6-16)20(31)26-10-11-27-35(33,34)17-7-8-18-15(13-17)9-12-29(18)21(32)22(23,24)25/h3-8,13,27H,2,9-12H2,1H3,(H,26,31)(H,28,30). The van der Waals surface area contributed by atoms with Gasteiger partial charge in [-0.1, -0.05) is 6.92 Å². The molecule has 35 heavy (non-hydrogen) atoms. The van der Waals surface area contributed by atoms with Gasteiger partial charge >= 0.3 is 12.1 Å². The Morgan fingerprint density at radius 2 is 1.71 bits per heavy atom. The first-order valence-corrected chi connectivity index (χ1v) is 12.1. The fraction of sp³-hybridized carbons (Fsp3) is 0.318. The quantitative estimate of drug-likeness (QED) is 0.468. The first-order chi connectivity index (χ1) is 16.4. The van der Waals surface area contributed by atoms with E-state index in [9.17, 15) is 36.0 Å². The molecule has 9 nitrogen and oxygen atoms in total. The lowest BCUT2D eigenvalue weighted by molar-refractivity contribution is -0.170. The van der Waals surface area contributed by atoms with Gasteiger partial charge in [0.25, 0.3) is 5.91 Å². The highest BCUT2D eigenvalue weighted by Crippen LogP contribution is 2.33. The number of sulfonamides is 1. The van der Waals surface area contributed by atoms with E-state index in [4.69, 9.17) is 0 Å². The molecule has 0 atom stereocenters. The number of rotatable bonds is 8. The fourth-order valence-corrected chi connectivity index (χ4v) is 4.49. The number of fused-ring (bicyclic) bond motifs is 1. The molecule has 188 valence electrons. The van der Waals surface area contributed by atoms with Crippen LogP contribution in [0.4, 0.5) is 24.5 Å². The molecule has 13 heteroatoms. The monoisotopic (exact) mass is 512 g/mol. The van der Waals surface area contributed by atoms with E-state index >= 15 is 0 Å². The van der Waals surface area contributed by atoms with E-state index in [1.807, 2.05) is 0 Å². The van der Waals surface area contributed by atoms with Gasteiger partial charge in [0.1, 0.15) is 0 Å². The van der Waals surface area contributed by atoms with Crippen LogP contribution < -0.4 is 20.3 Å². The van der Waals surface area contributed by atoms with Crippen molar-refractivity contribution in [1.82, 2.24) is 10.0 Å². The summed E-state index contributed by atoms with van der Waals surface area (Å²) < 4.78 is 65.6. The Labute approximate surface area is 199 Å². The molecule has 3 N–H and O–H groups in total. The van der Waals surface area contributed by atoms with Gasteiger partial charge in [-0.05, 0) is 54.4 Å². The molecule has 0 aromatic heterocycles. The average molecular weight is 513 g/mol. The van der Waals surface area contributed by atoms with E-state index in [1.165, 1.54) is 24.3 Å². The summed E-state index contributed by atoms with van der Waals surface area (Å²) in [5.74, 6) is -2.60. The number of anilines is 2. The zero-order chi connectivity index (χ0) is 25.8. The van der Waals surface area contributed by atoms with E-state index < -0.39 is 28.0 Å². The van der Waals surface area contributed by atoms with Gasteiger partial charge in [0.05, 0.1) is 4.90 Å². The number of nitrogens with one attached hydrogen (secondary N) is 3. The maximum absolute atomic E-state index is 12.7. The molecular formula is C22H23F3N4O5S. The van der Waals surface area contributed by atoms with Crippen LogP contribution in [0.3, 0.4) is 0 Å². The zero-order valence-electron chi connectivity index (χ0n) is 18.6. The summed E-state index contributed by atoms with van der Waals surface area (Å²) in [6.07, 6.45) is -4.61. The SMILES string of the molecule is CCC(=O)Nc1ccc(C(=O)NCCNS(=O)(=O)c2ccc3c(c2)CCN3C(=O)C(F)(F)F)cc1. The van der Waals surface area contributed by atoms with Crippen LogP contribution in [0.5, 0.6) is 0 Å². The van der Waals surface area contributed by atoms with Crippen molar-refractivity contribution in [2.24, 2.45) is 0 Å². The number of alkyl halides is 3. The summed E-state index contributed by atoms with van der Waals surface area (Å²) in [4.78, 5) is 35.6. The van der Waals surface area contributed by atoms with E-state index in [1.54, 1.807) is 19.1 Å². The normalized spacial score (nSPS) is 13.3. The highest BCUT2D eigenvalue weighted by atomic mass is 32.2. The molecule has 1 aliphatic heterocycles. The predicted octanol–water partition coefficient (Wildman–Crippen LogP) is 2.19. The minimum atomic E-state index is -5.02. The highest BCUT2D eigenvalue weighted by molar-refractivity contribution is 7.89. The topological polar surface area (TPSA) is 125 Å². The van der Waals surface area contributed by atoms with Crippen LogP contribution >= 0.6 is 0 Å². The predicted molar refractivity (Wildman–Crippen MR) is 121 cm³/mol. The Morgan fingerprint density at radius 1 is 1.03 bits per heavy atom.